The Hall–Kier alpha value is -4.19. The van der Waals surface area contributed by atoms with Crippen molar-refractivity contribution in [2.24, 2.45) is 0 Å². The minimum absolute atomic E-state index is 0.255. The molecule has 2 heterocycles. The number of amides is 1. The van der Waals surface area contributed by atoms with Crippen molar-refractivity contribution in [1.29, 1.82) is 0 Å². The number of nitrogens with zero attached hydrogens (tertiary/aromatic N) is 1. The van der Waals surface area contributed by atoms with Crippen LogP contribution < -0.4 is 15.7 Å². The Bertz CT molecular complexity index is 1280. The zero-order valence-electron chi connectivity index (χ0n) is 16.2. The molecule has 2 aromatic heterocycles. The van der Waals surface area contributed by atoms with E-state index < -0.39 is 5.63 Å². The summed E-state index contributed by atoms with van der Waals surface area (Å²) in [6.07, 6.45) is 4.71. The van der Waals surface area contributed by atoms with E-state index in [0.29, 0.717) is 22.9 Å². The van der Waals surface area contributed by atoms with Gasteiger partial charge in [-0.25, -0.2) is 9.78 Å². The minimum Gasteiger partial charge on any atom is -0.439 e. The van der Waals surface area contributed by atoms with Crippen LogP contribution in [-0.4, -0.2) is 10.9 Å². The molecule has 0 aliphatic heterocycles. The number of aromatic nitrogens is 1. The molecule has 6 heteroatoms. The number of pyridine rings is 1. The second-order valence-corrected chi connectivity index (χ2v) is 6.63. The monoisotopic (exact) mass is 398 g/mol. The number of hydrogen-bond acceptors (Lipinski definition) is 5. The lowest BCUT2D eigenvalue weighted by Crippen LogP contribution is -2.07. The summed E-state index contributed by atoms with van der Waals surface area (Å²) >= 11 is 0. The lowest BCUT2D eigenvalue weighted by molar-refractivity contribution is -0.111. The normalized spacial score (nSPS) is 11.0. The molecule has 148 valence electrons. The van der Waals surface area contributed by atoms with Gasteiger partial charge in [0.1, 0.15) is 11.3 Å². The molecule has 30 heavy (non-hydrogen) atoms. The predicted octanol–water partition coefficient (Wildman–Crippen LogP) is 4.94. The Morgan fingerprint density at radius 2 is 1.90 bits per heavy atom. The first-order chi connectivity index (χ1) is 14.6. The third-order valence-electron chi connectivity index (χ3n) is 4.38. The summed E-state index contributed by atoms with van der Waals surface area (Å²) < 4.78 is 11.0. The smallest absolute Gasteiger partial charge is 0.336 e. The molecule has 0 saturated carbocycles. The quantitative estimate of drug-likeness (QED) is 0.380. The van der Waals surface area contributed by atoms with Gasteiger partial charge in [0.05, 0.1) is 11.9 Å². The predicted molar refractivity (Wildman–Crippen MR) is 116 cm³/mol. The highest BCUT2D eigenvalue weighted by atomic mass is 16.5. The molecule has 0 bridgehead atoms. The van der Waals surface area contributed by atoms with Gasteiger partial charge in [-0.2, -0.15) is 0 Å². The van der Waals surface area contributed by atoms with Gasteiger partial charge in [-0.15, -0.1) is 0 Å². The third-order valence-corrected chi connectivity index (χ3v) is 4.38. The van der Waals surface area contributed by atoms with Crippen molar-refractivity contribution in [2.75, 3.05) is 5.32 Å². The van der Waals surface area contributed by atoms with Crippen molar-refractivity contribution in [1.82, 2.24) is 4.98 Å². The summed E-state index contributed by atoms with van der Waals surface area (Å²) in [7, 11) is 0. The fourth-order valence-electron chi connectivity index (χ4n) is 2.92. The van der Waals surface area contributed by atoms with E-state index >= 15 is 0 Å². The molecule has 2 aromatic carbocycles. The van der Waals surface area contributed by atoms with Gasteiger partial charge in [0.25, 0.3) is 0 Å². The van der Waals surface area contributed by atoms with E-state index in [0.717, 1.165) is 16.5 Å². The Morgan fingerprint density at radius 1 is 1.07 bits per heavy atom. The van der Waals surface area contributed by atoms with Crippen LogP contribution in [0.25, 0.3) is 17.0 Å². The highest BCUT2D eigenvalue weighted by Gasteiger charge is 2.06. The van der Waals surface area contributed by atoms with Crippen LogP contribution in [0.3, 0.4) is 0 Å². The van der Waals surface area contributed by atoms with Crippen LogP contribution in [0.15, 0.2) is 88.2 Å². The van der Waals surface area contributed by atoms with E-state index in [-0.39, 0.29) is 5.91 Å². The van der Waals surface area contributed by atoms with Crippen LogP contribution in [0.1, 0.15) is 11.1 Å². The van der Waals surface area contributed by atoms with Gasteiger partial charge < -0.3 is 14.5 Å². The number of ether oxygens (including phenoxy) is 1. The number of fused-ring (bicyclic) bond motifs is 1. The van der Waals surface area contributed by atoms with Gasteiger partial charge in [-0.3, -0.25) is 4.79 Å². The van der Waals surface area contributed by atoms with E-state index in [4.69, 9.17) is 9.15 Å². The number of nitrogens with one attached hydrogen (secondary N) is 1. The summed E-state index contributed by atoms with van der Waals surface area (Å²) in [5.41, 5.74) is 2.37. The van der Waals surface area contributed by atoms with Crippen molar-refractivity contribution < 1.29 is 13.9 Å². The van der Waals surface area contributed by atoms with Crippen LogP contribution in [0, 0.1) is 6.92 Å². The first kappa shape index (κ1) is 19.1. The number of hydrogen-bond donors (Lipinski definition) is 1. The average Bonchev–Trinajstić information content (AvgIpc) is 2.74. The molecule has 0 radical (unpaired) electrons. The Balaban J connectivity index is 1.42. The molecule has 0 saturated heterocycles. The molecule has 1 amide bonds. The summed E-state index contributed by atoms with van der Waals surface area (Å²) in [6, 6.07) is 19.6. The van der Waals surface area contributed by atoms with Crippen LogP contribution in [0.2, 0.25) is 0 Å². The van der Waals surface area contributed by atoms with Gasteiger partial charge in [0.15, 0.2) is 0 Å². The molecule has 4 rings (SSSR count). The minimum atomic E-state index is -0.406. The lowest BCUT2D eigenvalue weighted by Gasteiger charge is -2.07. The fourth-order valence-corrected chi connectivity index (χ4v) is 2.92. The number of benzene rings is 2. The third kappa shape index (κ3) is 4.62. The van der Waals surface area contributed by atoms with Gasteiger partial charge in [-0.1, -0.05) is 30.3 Å². The average molecular weight is 398 g/mol. The first-order valence-corrected chi connectivity index (χ1v) is 9.29. The number of rotatable bonds is 5. The molecule has 4 aromatic rings. The van der Waals surface area contributed by atoms with Crippen molar-refractivity contribution in [2.45, 2.75) is 6.92 Å². The zero-order chi connectivity index (χ0) is 20.9. The molecule has 1 N–H and O–H groups in total. The molecule has 6 nitrogen and oxygen atoms in total. The molecule has 0 aliphatic carbocycles. The Morgan fingerprint density at radius 3 is 2.67 bits per heavy atom. The molecule has 0 unspecified atom stereocenters. The fraction of sp³-hybridized carbons (Fsp3) is 0.0417. The molecule has 0 fully saturated rings. The molecule has 0 aliphatic rings. The summed E-state index contributed by atoms with van der Waals surface area (Å²) in [5, 5.41) is 3.59. The maximum absolute atomic E-state index is 12.0. The van der Waals surface area contributed by atoms with Crippen molar-refractivity contribution in [3.05, 3.63) is 101 Å². The van der Waals surface area contributed by atoms with Crippen molar-refractivity contribution >= 4 is 28.6 Å². The van der Waals surface area contributed by atoms with Crippen LogP contribution in [0.5, 0.6) is 11.6 Å². The number of anilines is 1. The second-order valence-electron chi connectivity index (χ2n) is 6.63. The van der Waals surface area contributed by atoms with E-state index in [2.05, 4.69) is 10.3 Å². The van der Waals surface area contributed by atoms with Crippen LogP contribution in [0.4, 0.5) is 5.69 Å². The second kappa shape index (κ2) is 8.45. The number of carbonyl (C=O) groups excluding carboxylic acids is 1. The topological polar surface area (TPSA) is 81.4 Å². The number of aryl methyl sites for hydroxylation is 1. The molecular weight excluding hydrogens is 380 g/mol. The van der Waals surface area contributed by atoms with E-state index in [1.165, 1.54) is 18.3 Å². The van der Waals surface area contributed by atoms with Gasteiger partial charge in [0, 0.05) is 29.7 Å². The molecule has 0 spiro atoms. The Kier molecular flexibility index (Phi) is 5.39. The highest BCUT2D eigenvalue weighted by molar-refractivity contribution is 6.01. The van der Waals surface area contributed by atoms with Crippen LogP contribution >= 0.6 is 0 Å². The zero-order valence-corrected chi connectivity index (χ0v) is 16.2. The maximum atomic E-state index is 12.0. The van der Waals surface area contributed by atoms with E-state index in [1.54, 1.807) is 30.3 Å². The van der Waals surface area contributed by atoms with Gasteiger partial charge >= 0.3 is 5.63 Å². The maximum Gasteiger partial charge on any atom is 0.336 e. The SMILES string of the molecule is Cc1cc(=O)oc2cc(Oc3ccc(NC(=O)/C=C/c4ccccc4)cn3)ccc12. The van der Waals surface area contributed by atoms with E-state index in [9.17, 15) is 9.59 Å². The summed E-state index contributed by atoms with van der Waals surface area (Å²) in [5.74, 6) is 0.586. The number of carbonyl (C=O) groups is 1. The molecule has 0 atom stereocenters. The van der Waals surface area contributed by atoms with Crippen LogP contribution in [-0.2, 0) is 4.79 Å². The standard InChI is InChI=1S/C24H18N2O4/c1-16-13-24(28)30-21-14-19(9-10-20(16)21)29-23-12-8-18(15-25-23)26-22(27)11-7-17-5-3-2-4-6-17/h2-15H,1H3,(H,26,27)/b11-7+. The van der Waals surface area contributed by atoms with E-state index in [1.807, 2.05) is 43.3 Å². The van der Waals surface area contributed by atoms with Crippen molar-refractivity contribution in [3.63, 3.8) is 0 Å². The first-order valence-electron chi connectivity index (χ1n) is 9.29. The molecular formula is C24H18N2O4. The largest absolute Gasteiger partial charge is 0.439 e. The summed E-state index contributed by atoms with van der Waals surface area (Å²) in [6.45, 7) is 1.85. The highest BCUT2D eigenvalue weighted by Crippen LogP contribution is 2.26. The van der Waals surface area contributed by atoms with Gasteiger partial charge in [0.2, 0.25) is 11.8 Å². The van der Waals surface area contributed by atoms with Crippen molar-refractivity contribution in [3.8, 4) is 11.6 Å². The Labute approximate surface area is 172 Å². The summed E-state index contributed by atoms with van der Waals surface area (Å²) in [4.78, 5) is 27.8. The van der Waals surface area contributed by atoms with Gasteiger partial charge in [-0.05, 0) is 42.3 Å². The lowest BCUT2D eigenvalue weighted by atomic mass is 10.1.